The SMILES string of the molecule is [2H]C1=C([2H])C2C(c3ccccc3)=c3c([2H])c([2H])c([2H])c([2H])c3=C(c3ccc(-c4ccc5oc6ccccc6c5c4)cc3)C2C([2H])=C1[2H]. The van der Waals surface area contributed by atoms with Gasteiger partial charge in [0.25, 0.3) is 0 Å². The molecule has 6 aromatic rings. The lowest BCUT2D eigenvalue weighted by molar-refractivity contribution is 0.669. The molecule has 1 heteroatoms. The summed E-state index contributed by atoms with van der Waals surface area (Å²) in [7, 11) is 0. The van der Waals surface area contributed by atoms with Gasteiger partial charge in [0.2, 0.25) is 0 Å². The molecule has 0 radical (unpaired) electrons. The summed E-state index contributed by atoms with van der Waals surface area (Å²) in [4.78, 5) is 0. The van der Waals surface area contributed by atoms with Crippen LogP contribution in [0.15, 0.2) is 150 Å². The highest BCUT2D eigenvalue weighted by molar-refractivity contribution is 6.06. The lowest BCUT2D eigenvalue weighted by Gasteiger charge is -2.33. The van der Waals surface area contributed by atoms with Crippen molar-refractivity contribution in [3.8, 4) is 11.1 Å². The maximum Gasteiger partial charge on any atom is 0.135 e. The van der Waals surface area contributed by atoms with E-state index in [1.165, 1.54) is 0 Å². The Morgan fingerprint density at radius 2 is 1.08 bits per heavy atom. The van der Waals surface area contributed by atoms with E-state index in [0.29, 0.717) is 22.3 Å². The number of para-hydroxylation sites is 1. The Balaban J connectivity index is 1.43. The molecule has 0 bridgehead atoms. The highest BCUT2D eigenvalue weighted by atomic mass is 16.3. The van der Waals surface area contributed by atoms with Crippen molar-refractivity contribution in [1.29, 1.82) is 0 Å². The van der Waals surface area contributed by atoms with E-state index >= 15 is 0 Å². The first-order valence-electron chi connectivity index (χ1n) is 16.9. The second-order valence-electron chi connectivity index (χ2n) is 9.82. The third kappa shape index (κ3) is 3.55. The third-order valence-electron chi connectivity index (χ3n) is 7.69. The number of rotatable bonds is 3. The molecule has 0 amide bonds. The Labute approximate surface area is 238 Å². The van der Waals surface area contributed by atoms with Crippen molar-refractivity contribution >= 4 is 33.1 Å². The second-order valence-corrected chi connectivity index (χ2v) is 9.82. The first kappa shape index (κ1) is 15.5. The second kappa shape index (κ2) is 8.85. The zero-order valence-corrected chi connectivity index (χ0v) is 20.8. The summed E-state index contributed by atoms with van der Waals surface area (Å²) in [5.41, 5.74) is 5.66. The molecular weight excluding hydrogens is 472 g/mol. The van der Waals surface area contributed by atoms with E-state index < -0.39 is 23.9 Å². The van der Waals surface area contributed by atoms with Crippen LogP contribution >= 0.6 is 0 Å². The number of allylic oxidation sites excluding steroid dienone is 4. The van der Waals surface area contributed by atoms with Gasteiger partial charge in [0.05, 0.1) is 11.0 Å². The van der Waals surface area contributed by atoms with Crippen LogP contribution in [0.25, 0.3) is 44.2 Å². The van der Waals surface area contributed by atoms with Gasteiger partial charge in [0.15, 0.2) is 0 Å². The van der Waals surface area contributed by atoms with Crippen LogP contribution in [0.1, 0.15) is 22.1 Å². The fourth-order valence-electron chi connectivity index (χ4n) is 5.91. The van der Waals surface area contributed by atoms with E-state index in [1.54, 1.807) is 0 Å². The number of hydrogen-bond donors (Lipinski definition) is 0. The van der Waals surface area contributed by atoms with Crippen LogP contribution in [-0.2, 0) is 0 Å². The number of benzene rings is 5. The summed E-state index contributed by atoms with van der Waals surface area (Å²) in [5, 5.41) is 2.54. The van der Waals surface area contributed by atoms with E-state index in [4.69, 9.17) is 15.4 Å². The number of fused-ring (bicyclic) bond motifs is 5. The zero-order chi connectivity index (χ0) is 32.7. The minimum atomic E-state index is -0.911. The van der Waals surface area contributed by atoms with Gasteiger partial charge in [-0.1, -0.05) is 127 Å². The summed E-state index contributed by atoms with van der Waals surface area (Å²) in [5.74, 6) is -1.81. The number of furan rings is 1. The van der Waals surface area contributed by atoms with Gasteiger partial charge in [-0.25, -0.2) is 0 Å². The summed E-state index contributed by atoms with van der Waals surface area (Å²) in [6.07, 6.45) is 0. The molecule has 184 valence electrons. The van der Waals surface area contributed by atoms with E-state index in [0.717, 1.165) is 33.1 Å². The van der Waals surface area contributed by atoms with E-state index in [1.807, 2.05) is 91.0 Å². The Bertz CT molecular complexity index is 2490. The van der Waals surface area contributed by atoms with Crippen molar-refractivity contribution < 1.29 is 15.4 Å². The van der Waals surface area contributed by atoms with Crippen LogP contribution in [0, 0.1) is 11.8 Å². The molecule has 5 aromatic carbocycles. The smallest absolute Gasteiger partial charge is 0.135 e. The molecule has 0 fully saturated rings. The predicted molar refractivity (Wildman–Crippen MR) is 162 cm³/mol. The van der Waals surface area contributed by atoms with Crippen LogP contribution in [-0.4, -0.2) is 0 Å². The average molecular weight is 507 g/mol. The molecule has 2 aliphatic rings. The summed E-state index contributed by atoms with van der Waals surface area (Å²) in [6, 6.07) is 28.3. The van der Waals surface area contributed by atoms with Crippen molar-refractivity contribution in [3.05, 3.63) is 167 Å². The van der Waals surface area contributed by atoms with Crippen LogP contribution in [0.3, 0.4) is 0 Å². The quantitative estimate of drug-likeness (QED) is 0.237. The van der Waals surface area contributed by atoms with Crippen molar-refractivity contribution in [3.63, 3.8) is 0 Å². The summed E-state index contributed by atoms with van der Waals surface area (Å²) >= 11 is 0. The minimum absolute atomic E-state index is 0.150. The molecule has 0 saturated heterocycles. The molecule has 0 N–H and O–H groups in total. The van der Waals surface area contributed by atoms with Crippen molar-refractivity contribution in [2.75, 3.05) is 0 Å². The van der Waals surface area contributed by atoms with Crippen LogP contribution in [0.4, 0.5) is 0 Å². The van der Waals surface area contributed by atoms with Crippen molar-refractivity contribution in [2.24, 2.45) is 11.8 Å². The minimum Gasteiger partial charge on any atom is -0.456 e. The average Bonchev–Trinajstić information content (AvgIpc) is 3.48. The molecule has 39 heavy (non-hydrogen) atoms. The summed E-state index contributed by atoms with van der Waals surface area (Å²) in [6.45, 7) is 0. The van der Waals surface area contributed by atoms with Gasteiger partial charge in [-0.3, -0.25) is 0 Å². The van der Waals surface area contributed by atoms with Crippen LogP contribution < -0.4 is 10.4 Å². The van der Waals surface area contributed by atoms with Gasteiger partial charge in [0.1, 0.15) is 11.2 Å². The zero-order valence-electron chi connectivity index (χ0n) is 28.8. The van der Waals surface area contributed by atoms with Gasteiger partial charge in [-0.15, -0.1) is 0 Å². The molecule has 1 aromatic heterocycles. The lowest BCUT2D eigenvalue weighted by atomic mass is 9.70. The first-order chi connectivity index (χ1) is 22.7. The molecule has 1 heterocycles. The highest BCUT2D eigenvalue weighted by Crippen LogP contribution is 2.40. The van der Waals surface area contributed by atoms with Crippen molar-refractivity contribution in [1.82, 2.24) is 0 Å². The monoisotopic (exact) mass is 506 g/mol. The Kier molecular flexibility index (Phi) is 3.52. The fraction of sp³-hybridized carbons (Fsp3) is 0.0526. The maximum absolute atomic E-state index is 9.14. The molecule has 0 spiro atoms. The third-order valence-corrected chi connectivity index (χ3v) is 7.69. The molecule has 8 rings (SSSR count). The van der Waals surface area contributed by atoms with E-state index in [-0.39, 0.29) is 46.7 Å². The molecule has 1 nitrogen and oxygen atoms in total. The first-order valence-corrected chi connectivity index (χ1v) is 12.9. The molecule has 0 aliphatic heterocycles. The Hall–Kier alpha value is -4.88. The molecule has 2 atom stereocenters. The maximum atomic E-state index is 9.14. The Morgan fingerprint density at radius 3 is 1.79 bits per heavy atom. The molecule has 2 aliphatic carbocycles. The molecular formula is C38H26O. The van der Waals surface area contributed by atoms with Gasteiger partial charge in [0, 0.05) is 22.6 Å². The Morgan fingerprint density at radius 1 is 0.513 bits per heavy atom. The van der Waals surface area contributed by atoms with Gasteiger partial charge >= 0.3 is 0 Å². The van der Waals surface area contributed by atoms with Gasteiger partial charge in [-0.2, -0.15) is 0 Å². The molecule has 2 unspecified atom stereocenters. The van der Waals surface area contributed by atoms with Gasteiger partial charge in [-0.05, 0) is 62.0 Å². The normalized spacial score (nSPS) is 21.8. The van der Waals surface area contributed by atoms with Gasteiger partial charge < -0.3 is 4.42 Å². The fourth-order valence-corrected chi connectivity index (χ4v) is 5.91. The highest BCUT2D eigenvalue weighted by Gasteiger charge is 2.31. The lowest BCUT2D eigenvalue weighted by Crippen LogP contribution is -2.40. The largest absolute Gasteiger partial charge is 0.456 e. The van der Waals surface area contributed by atoms with E-state index in [9.17, 15) is 0 Å². The predicted octanol–water partition coefficient (Wildman–Crippen LogP) is 8.02. The summed E-state index contributed by atoms with van der Waals surface area (Å²) < 4.78 is 76.8. The van der Waals surface area contributed by atoms with E-state index in [2.05, 4.69) is 6.07 Å². The standard InChI is InChI=1S/C38H26O/c1-2-10-26(11-3-1)37-30-13-4-6-15-32(30)38(33-16-7-5-14-31(33)37)27-20-18-25(19-21-27)28-22-23-36-34(24-28)29-12-8-9-17-35(29)39-36/h1-24,30,32H/i4D,5D,6D,7D,13D,14D,15D,16D. The topological polar surface area (TPSA) is 13.1 Å². The van der Waals surface area contributed by atoms with Crippen molar-refractivity contribution in [2.45, 2.75) is 0 Å². The van der Waals surface area contributed by atoms with Crippen LogP contribution in [0.2, 0.25) is 0 Å². The number of hydrogen-bond acceptors (Lipinski definition) is 1. The van der Waals surface area contributed by atoms with Crippen LogP contribution in [0.5, 0.6) is 0 Å². The molecule has 0 saturated carbocycles.